The topological polar surface area (TPSA) is 146 Å². The highest BCUT2D eigenvalue weighted by atomic mass is 16.2. The minimum atomic E-state index is -0.856. The van der Waals surface area contributed by atoms with E-state index in [-0.39, 0.29) is 42.3 Å². The summed E-state index contributed by atoms with van der Waals surface area (Å²) in [6, 6.07) is -0.893. The van der Waals surface area contributed by atoms with Crippen LogP contribution in [0.4, 0.5) is 0 Å². The number of likely N-dealkylation sites (tertiary alicyclic amines) is 1. The first kappa shape index (κ1) is 56.0. The van der Waals surface area contributed by atoms with E-state index < -0.39 is 6.04 Å². The molecular formula is C51H94N6O4. The van der Waals surface area contributed by atoms with Crippen molar-refractivity contribution >= 4 is 29.8 Å². The Morgan fingerprint density at radius 2 is 1.11 bits per heavy atom. The maximum absolute atomic E-state index is 13.3. The van der Waals surface area contributed by atoms with E-state index in [2.05, 4.69) is 59.1 Å². The maximum atomic E-state index is 13.3. The molecule has 0 aromatic rings. The number of amides is 4. The second kappa shape index (κ2) is 41.0. The minimum absolute atomic E-state index is 0.00633. The zero-order valence-corrected chi connectivity index (χ0v) is 39.7. The van der Waals surface area contributed by atoms with Gasteiger partial charge in [0.25, 0.3) is 0 Å². The van der Waals surface area contributed by atoms with Gasteiger partial charge in [-0.2, -0.15) is 0 Å². The molecule has 3 unspecified atom stereocenters. The predicted octanol–water partition coefficient (Wildman–Crippen LogP) is 11.0. The number of nitrogens with zero attached hydrogens (tertiary/aromatic N) is 2. The average molecular weight is 855 g/mol. The van der Waals surface area contributed by atoms with Gasteiger partial charge in [-0.15, -0.1) is 0 Å². The second-order valence-electron chi connectivity index (χ2n) is 17.8. The van der Waals surface area contributed by atoms with Gasteiger partial charge in [-0.25, -0.2) is 0 Å². The third-order valence-corrected chi connectivity index (χ3v) is 11.7. The average Bonchev–Trinajstić information content (AvgIpc) is 3.72. The summed E-state index contributed by atoms with van der Waals surface area (Å²) in [4.78, 5) is 58.1. The van der Waals surface area contributed by atoms with Gasteiger partial charge < -0.3 is 26.6 Å². The van der Waals surface area contributed by atoms with Crippen LogP contribution in [0, 0.1) is 0 Å². The van der Waals surface area contributed by atoms with Crippen molar-refractivity contribution in [3.63, 3.8) is 0 Å². The fourth-order valence-electron chi connectivity index (χ4n) is 7.81. The third-order valence-electron chi connectivity index (χ3n) is 11.7. The summed E-state index contributed by atoms with van der Waals surface area (Å²) in [7, 11) is 0. The van der Waals surface area contributed by atoms with Gasteiger partial charge in [0.05, 0.1) is 12.6 Å². The Labute approximate surface area is 374 Å². The normalized spacial score (nSPS) is 15.3. The van der Waals surface area contributed by atoms with Gasteiger partial charge >= 0.3 is 0 Å². The molecule has 0 spiro atoms. The molecule has 1 aliphatic heterocycles. The van der Waals surface area contributed by atoms with E-state index in [4.69, 9.17) is 5.73 Å². The molecule has 1 fully saturated rings. The lowest BCUT2D eigenvalue weighted by atomic mass is 10.1. The number of aliphatic imine (C=N–C) groups is 1. The number of carbonyl (C=O) groups is 4. The van der Waals surface area contributed by atoms with Crippen LogP contribution in [0.1, 0.15) is 226 Å². The van der Waals surface area contributed by atoms with Gasteiger partial charge in [-0.05, 0) is 90.4 Å². The molecule has 10 nitrogen and oxygen atoms in total. The van der Waals surface area contributed by atoms with Crippen molar-refractivity contribution in [3.05, 3.63) is 24.3 Å². The van der Waals surface area contributed by atoms with Crippen LogP contribution in [-0.4, -0.2) is 79.0 Å². The summed E-state index contributed by atoms with van der Waals surface area (Å²) in [6.07, 6.45) is 46.0. The summed E-state index contributed by atoms with van der Waals surface area (Å²) in [6.45, 7) is 7.87. The molecule has 10 heteroatoms. The summed E-state index contributed by atoms with van der Waals surface area (Å²) < 4.78 is 0. The summed E-state index contributed by atoms with van der Waals surface area (Å²) >= 11 is 0. The van der Waals surface area contributed by atoms with Crippen LogP contribution in [0.15, 0.2) is 29.3 Å². The molecule has 61 heavy (non-hydrogen) atoms. The number of allylic oxidation sites excluding steroid dienone is 4. The quantitative estimate of drug-likeness (QED) is 0.0275. The molecule has 1 heterocycles. The van der Waals surface area contributed by atoms with Gasteiger partial charge in [0.15, 0.2) is 0 Å². The Kier molecular flexibility index (Phi) is 37.7. The molecular weight excluding hydrogens is 761 g/mol. The van der Waals surface area contributed by atoms with E-state index in [0.717, 1.165) is 77.2 Å². The van der Waals surface area contributed by atoms with E-state index in [1.807, 2.05) is 18.0 Å². The van der Waals surface area contributed by atoms with Gasteiger partial charge in [0.1, 0.15) is 6.04 Å². The Balaban J connectivity index is 2.43. The Morgan fingerprint density at radius 1 is 0.639 bits per heavy atom. The summed E-state index contributed by atoms with van der Waals surface area (Å²) in [5.74, 6) is -0.484. The van der Waals surface area contributed by atoms with Crippen LogP contribution in [0.3, 0.4) is 0 Å². The highest BCUT2D eigenvalue weighted by Crippen LogP contribution is 2.18. The van der Waals surface area contributed by atoms with Crippen molar-refractivity contribution in [2.75, 3.05) is 26.2 Å². The molecule has 0 saturated carbocycles. The van der Waals surface area contributed by atoms with Crippen LogP contribution in [0.2, 0.25) is 0 Å². The Hall–Kier alpha value is -3.01. The Morgan fingerprint density at radius 3 is 1.62 bits per heavy atom. The van der Waals surface area contributed by atoms with E-state index in [9.17, 15) is 19.2 Å². The number of carbonyl (C=O) groups excluding carboxylic acids is 4. The van der Waals surface area contributed by atoms with Crippen molar-refractivity contribution < 1.29 is 19.2 Å². The number of hydrogen-bond donors (Lipinski definition) is 4. The monoisotopic (exact) mass is 855 g/mol. The molecule has 0 radical (unpaired) electrons. The highest BCUT2D eigenvalue weighted by molar-refractivity contribution is 5.88. The summed E-state index contributed by atoms with van der Waals surface area (Å²) in [5, 5.41) is 8.71. The molecule has 3 atom stereocenters. The van der Waals surface area contributed by atoms with Crippen molar-refractivity contribution in [2.45, 2.75) is 244 Å². The van der Waals surface area contributed by atoms with Crippen LogP contribution in [0.5, 0.6) is 0 Å². The molecule has 352 valence electrons. The number of hydrogen-bond acceptors (Lipinski definition) is 6. The highest BCUT2D eigenvalue weighted by Gasteiger charge is 2.27. The molecule has 0 aromatic carbocycles. The van der Waals surface area contributed by atoms with E-state index >= 15 is 0 Å². The number of nitrogens with two attached hydrogens (primary N) is 1. The molecule has 0 bridgehead atoms. The molecule has 1 rings (SSSR count). The molecule has 1 saturated heterocycles. The van der Waals surface area contributed by atoms with Gasteiger partial charge in [-0.1, -0.05) is 141 Å². The largest absolute Gasteiger partial charge is 0.353 e. The second-order valence-corrected chi connectivity index (χ2v) is 17.8. The molecule has 5 N–H and O–H groups in total. The zero-order chi connectivity index (χ0) is 44.4. The lowest BCUT2D eigenvalue weighted by Crippen LogP contribution is -2.53. The van der Waals surface area contributed by atoms with Crippen LogP contribution >= 0.6 is 0 Å². The fourth-order valence-corrected chi connectivity index (χ4v) is 7.81. The van der Waals surface area contributed by atoms with Crippen molar-refractivity contribution in [3.8, 4) is 0 Å². The molecule has 1 aliphatic rings. The smallest absolute Gasteiger partial charge is 0.244 e. The van der Waals surface area contributed by atoms with Crippen molar-refractivity contribution in [1.29, 1.82) is 0 Å². The molecule has 4 amide bonds. The first-order valence-electron chi connectivity index (χ1n) is 25.5. The number of unbranched alkanes of at least 4 members (excludes halogenated alkanes) is 22. The van der Waals surface area contributed by atoms with Crippen LogP contribution < -0.4 is 21.7 Å². The van der Waals surface area contributed by atoms with E-state index in [1.165, 1.54) is 109 Å². The van der Waals surface area contributed by atoms with Gasteiger partial charge in [0.2, 0.25) is 23.6 Å². The SMILES string of the molecule is CCCCCCCC/C=C\CCCCCCCC(=O)NCC(NC(=O)CCCCCCC/C=C\CCCCCCCC)C(=O)NCC/N=C\C1CCCN1C(=O)CCC(C)N. The van der Waals surface area contributed by atoms with Crippen molar-refractivity contribution in [1.82, 2.24) is 20.9 Å². The third kappa shape index (κ3) is 34.2. The van der Waals surface area contributed by atoms with Gasteiger partial charge in [0, 0.05) is 51.2 Å². The maximum Gasteiger partial charge on any atom is 0.244 e. The van der Waals surface area contributed by atoms with Crippen molar-refractivity contribution in [2.24, 2.45) is 10.7 Å². The standard InChI is InChI=1S/C51H94N6O4/c1-4-6-8-10-12-14-16-18-20-22-24-26-28-30-32-36-48(58)55-44-47(51(61)54-41-40-53-43-46-35-34-42-57(46)50(60)39-38-45(3)52)56-49(59)37-33-31-29-27-25-23-21-19-17-15-13-11-9-7-5-2/h18-21,43,45-47H,4-17,22-42,44,52H2,1-3H3,(H,54,61)(H,55,58)(H,56,59)/b20-18-,21-19-,53-43-. The minimum Gasteiger partial charge on any atom is -0.353 e. The predicted molar refractivity (Wildman–Crippen MR) is 258 cm³/mol. The van der Waals surface area contributed by atoms with Gasteiger partial charge in [-0.3, -0.25) is 24.2 Å². The first-order chi connectivity index (χ1) is 29.8. The molecule has 0 aromatic heterocycles. The number of nitrogens with one attached hydrogen (secondary N) is 3. The fraction of sp³-hybridized carbons (Fsp3) is 0.824. The lowest BCUT2D eigenvalue weighted by Gasteiger charge is -2.22. The zero-order valence-electron chi connectivity index (χ0n) is 39.7. The van der Waals surface area contributed by atoms with Crippen LogP contribution in [-0.2, 0) is 19.2 Å². The summed E-state index contributed by atoms with van der Waals surface area (Å²) in [5.41, 5.74) is 5.85. The molecule has 0 aliphatic carbocycles. The first-order valence-corrected chi connectivity index (χ1v) is 25.5. The Bertz CT molecular complexity index is 1190. The number of rotatable bonds is 41. The van der Waals surface area contributed by atoms with E-state index in [1.54, 1.807) is 0 Å². The van der Waals surface area contributed by atoms with Crippen LogP contribution in [0.25, 0.3) is 0 Å². The van der Waals surface area contributed by atoms with E-state index in [0.29, 0.717) is 38.8 Å². The lowest BCUT2D eigenvalue weighted by molar-refractivity contribution is -0.131.